The van der Waals surface area contributed by atoms with E-state index in [1.54, 1.807) is 26.9 Å². The SMILES string of the molecule is C=CCn1c(SCC(=O)N(CC)c2ccccc2)nc2sc3c(c2c1=O)CCC(C)C3. The summed E-state index contributed by atoms with van der Waals surface area (Å²) >= 11 is 2.97. The molecule has 0 N–H and O–H groups in total. The molecule has 31 heavy (non-hydrogen) atoms. The Labute approximate surface area is 190 Å². The average Bonchev–Trinajstić information content (AvgIpc) is 3.13. The lowest BCUT2D eigenvalue weighted by molar-refractivity contribution is -0.116. The molecule has 0 radical (unpaired) electrons. The minimum Gasteiger partial charge on any atom is -0.312 e. The third-order valence-electron chi connectivity index (χ3n) is 5.70. The molecular weight excluding hydrogens is 426 g/mol. The normalized spacial score (nSPS) is 15.6. The van der Waals surface area contributed by atoms with Crippen molar-refractivity contribution in [3.63, 3.8) is 0 Å². The molecule has 162 valence electrons. The molecular formula is C24H27N3O2S2. The molecule has 0 saturated heterocycles. The van der Waals surface area contributed by atoms with Crippen LogP contribution in [0.2, 0.25) is 0 Å². The fourth-order valence-corrected chi connectivity index (χ4v) is 6.43. The van der Waals surface area contributed by atoms with Gasteiger partial charge in [0.25, 0.3) is 5.56 Å². The predicted molar refractivity (Wildman–Crippen MR) is 130 cm³/mol. The second-order valence-corrected chi connectivity index (χ2v) is 9.92. The first-order valence-electron chi connectivity index (χ1n) is 10.7. The molecule has 5 nitrogen and oxygen atoms in total. The van der Waals surface area contributed by atoms with E-state index in [-0.39, 0.29) is 17.2 Å². The van der Waals surface area contributed by atoms with E-state index >= 15 is 0 Å². The number of aromatic nitrogens is 2. The summed E-state index contributed by atoms with van der Waals surface area (Å²) in [7, 11) is 0. The number of rotatable bonds is 7. The van der Waals surface area contributed by atoms with Crippen LogP contribution in [0.5, 0.6) is 0 Å². The molecule has 0 fully saturated rings. The van der Waals surface area contributed by atoms with E-state index in [9.17, 15) is 9.59 Å². The van der Waals surface area contributed by atoms with Gasteiger partial charge in [-0.25, -0.2) is 4.98 Å². The number of anilines is 1. The summed E-state index contributed by atoms with van der Waals surface area (Å²) in [5.41, 5.74) is 2.05. The van der Waals surface area contributed by atoms with Gasteiger partial charge in [0.2, 0.25) is 5.91 Å². The first-order chi connectivity index (χ1) is 15.0. The summed E-state index contributed by atoms with van der Waals surface area (Å²) in [5, 5.41) is 1.35. The zero-order valence-corrected chi connectivity index (χ0v) is 19.6. The van der Waals surface area contributed by atoms with Gasteiger partial charge in [-0.1, -0.05) is 43.0 Å². The molecule has 0 saturated carbocycles. The Morgan fingerprint density at radius 2 is 2.16 bits per heavy atom. The molecule has 1 amide bonds. The molecule has 1 aliphatic rings. The Balaban J connectivity index is 1.65. The van der Waals surface area contributed by atoms with Gasteiger partial charge in [-0.05, 0) is 49.8 Å². The van der Waals surface area contributed by atoms with E-state index in [4.69, 9.17) is 4.98 Å². The van der Waals surface area contributed by atoms with E-state index in [0.717, 1.165) is 35.2 Å². The number of thioether (sulfide) groups is 1. The van der Waals surface area contributed by atoms with E-state index in [2.05, 4.69) is 13.5 Å². The molecule has 7 heteroatoms. The van der Waals surface area contributed by atoms with E-state index < -0.39 is 0 Å². The maximum absolute atomic E-state index is 13.4. The van der Waals surface area contributed by atoms with Gasteiger partial charge in [0.15, 0.2) is 5.16 Å². The second kappa shape index (κ2) is 9.40. The number of allylic oxidation sites excluding steroid dienone is 1. The Kier molecular flexibility index (Phi) is 6.62. The molecule has 1 unspecified atom stereocenters. The molecule has 0 bridgehead atoms. The highest BCUT2D eigenvalue weighted by atomic mass is 32.2. The highest BCUT2D eigenvalue weighted by Gasteiger charge is 2.25. The van der Waals surface area contributed by atoms with Crippen LogP contribution in [0.3, 0.4) is 0 Å². The van der Waals surface area contributed by atoms with Gasteiger partial charge in [-0.2, -0.15) is 0 Å². The lowest BCUT2D eigenvalue weighted by Crippen LogP contribution is -2.32. The Morgan fingerprint density at radius 3 is 2.87 bits per heavy atom. The third kappa shape index (κ3) is 4.34. The average molecular weight is 454 g/mol. The molecule has 1 atom stereocenters. The lowest BCUT2D eigenvalue weighted by Gasteiger charge is -2.21. The number of thiophene rings is 1. The van der Waals surface area contributed by atoms with Crippen LogP contribution < -0.4 is 10.5 Å². The van der Waals surface area contributed by atoms with Crippen LogP contribution in [0.4, 0.5) is 5.69 Å². The van der Waals surface area contributed by atoms with Gasteiger partial charge < -0.3 is 4.90 Å². The summed E-state index contributed by atoms with van der Waals surface area (Å²) in [6.07, 6.45) is 4.77. The summed E-state index contributed by atoms with van der Waals surface area (Å²) < 4.78 is 1.66. The van der Waals surface area contributed by atoms with Crippen molar-refractivity contribution in [3.05, 3.63) is 63.8 Å². The number of aryl methyl sites for hydroxylation is 1. The van der Waals surface area contributed by atoms with Crippen molar-refractivity contribution in [2.45, 2.75) is 44.8 Å². The van der Waals surface area contributed by atoms with Crippen molar-refractivity contribution in [2.75, 3.05) is 17.2 Å². The highest BCUT2D eigenvalue weighted by molar-refractivity contribution is 7.99. The number of amides is 1. The number of nitrogens with zero attached hydrogens (tertiary/aromatic N) is 3. The Hall–Kier alpha value is -2.38. The van der Waals surface area contributed by atoms with Crippen molar-refractivity contribution in [1.82, 2.24) is 9.55 Å². The fraction of sp³-hybridized carbons (Fsp3) is 0.375. The van der Waals surface area contributed by atoms with Crippen molar-refractivity contribution >= 4 is 44.9 Å². The third-order valence-corrected chi connectivity index (χ3v) is 7.81. The quantitative estimate of drug-likeness (QED) is 0.290. The zero-order valence-electron chi connectivity index (χ0n) is 18.0. The van der Waals surface area contributed by atoms with Crippen LogP contribution in [-0.2, 0) is 24.2 Å². The zero-order chi connectivity index (χ0) is 22.0. The van der Waals surface area contributed by atoms with Crippen LogP contribution in [0.25, 0.3) is 10.2 Å². The monoisotopic (exact) mass is 453 g/mol. The number of carbonyl (C=O) groups excluding carboxylic acids is 1. The van der Waals surface area contributed by atoms with Crippen molar-refractivity contribution in [3.8, 4) is 0 Å². The maximum atomic E-state index is 13.4. The number of carbonyl (C=O) groups is 1. The fourth-order valence-electron chi connectivity index (χ4n) is 4.12. The molecule has 0 aliphatic heterocycles. The standard InChI is InChI=1S/C24H27N3O2S2/c1-4-13-27-23(29)21-18-12-11-16(3)14-19(18)31-22(21)25-24(27)30-15-20(28)26(5-2)17-9-7-6-8-10-17/h4,6-10,16H,1,5,11-15H2,2-3H3. The minimum absolute atomic E-state index is 0.00232. The first kappa shape index (κ1) is 21.8. The molecule has 2 heterocycles. The van der Waals surface area contributed by atoms with Crippen molar-refractivity contribution in [1.29, 1.82) is 0 Å². The Bertz CT molecular complexity index is 1170. The number of fused-ring (bicyclic) bond motifs is 3. The summed E-state index contributed by atoms with van der Waals surface area (Å²) in [6, 6.07) is 9.65. The smallest absolute Gasteiger partial charge is 0.263 e. The van der Waals surface area contributed by atoms with Crippen molar-refractivity contribution in [2.24, 2.45) is 5.92 Å². The number of para-hydroxylation sites is 1. The second-order valence-electron chi connectivity index (χ2n) is 7.89. The van der Waals surface area contributed by atoms with Crippen LogP contribution in [-0.4, -0.2) is 27.8 Å². The summed E-state index contributed by atoms with van der Waals surface area (Å²) in [6.45, 7) is 9.01. The van der Waals surface area contributed by atoms with Crippen LogP contribution in [0.15, 0.2) is 52.9 Å². The van der Waals surface area contributed by atoms with Gasteiger partial charge in [0.05, 0.1) is 11.1 Å². The first-order valence-corrected chi connectivity index (χ1v) is 12.5. The van der Waals surface area contributed by atoms with Gasteiger partial charge in [0, 0.05) is 23.7 Å². The van der Waals surface area contributed by atoms with Gasteiger partial charge in [0.1, 0.15) is 4.83 Å². The molecule has 4 rings (SSSR count). The van der Waals surface area contributed by atoms with Gasteiger partial charge in [-0.15, -0.1) is 17.9 Å². The van der Waals surface area contributed by atoms with Crippen LogP contribution in [0.1, 0.15) is 30.7 Å². The van der Waals surface area contributed by atoms with E-state index in [1.807, 2.05) is 37.3 Å². The molecule has 1 aromatic carbocycles. The number of hydrogen-bond acceptors (Lipinski definition) is 5. The summed E-state index contributed by atoms with van der Waals surface area (Å²) in [4.78, 5) is 35.0. The molecule has 0 spiro atoms. The molecule has 3 aromatic rings. The van der Waals surface area contributed by atoms with E-state index in [0.29, 0.717) is 24.2 Å². The lowest BCUT2D eigenvalue weighted by atomic mass is 9.89. The Morgan fingerprint density at radius 1 is 1.39 bits per heavy atom. The summed E-state index contributed by atoms with van der Waals surface area (Å²) in [5.74, 6) is 0.859. The maximum Gasteiger partial charge on any atom is 0.263 e. The minimum atomic E-state index is -0.0118. The molecule has 2 aromatic heterocycles. The van der Waals surface area contributed by atoms with Crippen LogP contribution >= 0.6 is 23.1 Å². The predicted octanol–water partition coefficient (Wildman–Crippen LogP) is 4.91. The topological polar surface area (TPSA) is 55.2 Å². The van der Waals surface area contributed by atoms with E-state index in [1.165, 1.54) is 22.2 Å². The van der Waals surface area contributed by atoms with Gasteiger partial charge >= 0.3 is 0 Å². The number of benzene rings is 1. The molecule has 1 aliphatic carbocycles. The number of hydrogen-bond donors (Lipinski definition) is 0. The van der Waals surface area contributed by atoms with Crippen molar-refractivity contribution < 1.29 is 4.79 Å². The van der Waals surface area contributed by atoms with Crippen LogP contribution in [0, 0.1) is 5.92 Å². The van der Waals surface area contributed by atoms with Gasteiger partial charge in [-0.3, -0.25) is 14.2 Å². The largest absolute Gasteiger partial charge is 0.312 e. The highest BCUT2D eigenvalue weighted by Crippen LogP contribution is 2.36.